The molecule has 6 nitrogen and oxygen atoms in total. The van der Waals surface area contributed by atoms with Crippen molar-refractivity contribution < 1.29 is 4.74 Å². The van der Waals surface area contributed by atoms with Gasteiger partial charge in [0.25, 0.3) is 0 Å². The molecular formula is C13H16ClN5O. The van der Waals surface area contributed by atoms with E-state index in [-0.39, 0.29) is 0 Å². The minimum Gasteiger partial charge on any atom is -0.399 e. The molecular weight excluding hydrogens is 278 g/mol. The van der Waals surface area contributed by atoms with Crippen LogP contribution in [0.25, 0.3) is 11.4 Å². The number of aryl methyl sites for hydroxylation is 1. The molecule has 0 radical (unpaired) electrons. The van der Waals surface area contributed by atoms with Crippen LogP contribution in [0.3, 0.4) is 0 Å². The molecule has 2 heterocycles. The summed E-state index contributed by atoms with van der Waals surface area (Å²) in [4.78, 5) is 0. The minimum atomic E-state index is 0.586. The number of tetrazole rings is 1. The zero-order chi connectivity index (χ0) is 13.9. The fraction of sp³-hybridized carbons (Fsp3) is 0.462. The highest BCUT2D eigenvalue weighted by Gasteiger charge is 2.18. The van der Waals surface area contributed by atoms with Crippen LogP contribution in [0.5, 0.6) is 0 Å². The lowest BCUT2D eigenvalue weighted by molar-refractivity contribution is 0.183. The smallest absolute Gasteiger partial charge is 0.183 e. The number of benzene rings is 1. The van der Waals surface area contributed by atoms with Crippen molar-refractivity contribution in [3.63, 3.8) is 0 Å². The molecule has 106 valence electrons. The Morgan fingerprint density at radius 3 is 3.15 bits per heavy atom. The molecule has 7 heteroatoms. The predicted octanol–water partition coefficient (Wildman–Crippen LogP) is 2.00. The molecule has 1 saturated heterocycles. The maximum absolute atomic E-state index is 6.20. The highest BCUT2D eigenvalue weighted by atomic mass is 35.5. The van der Waals surface area contributed by atoms with Crippen molar-refractivity contribution in [1.29, 1.82) is 0 Å². The van der Waals surface area contributed by atoms with Gasteiger partial charge in [-0.1, -0.05) is 11.6 Å². The number of aromatic nitrogens is 4. The Bertz CT molecular complexity index is 594. The Hall–Kier alpha value is -1.66. The lowest BCUT2D eigenvalue weighted by Gasteiger charge is -2.09. The third-order valence-electron chi connectivity index (χ3n) is 3.54. The number of nitrogens with zero attached hydrogens (tertiary/aromatic N) is 4. The Balaban J connectivity index is 1.80. The topological polar surface area (TPSA) is 78.9 Å². The van der Waals surface area contributed by atoms with Gasteiger partial charge in [0.15, 0.2) is 5.82 Å². The highest BCUT2D eigenvalue weighted by molar-refractivity contribution is 6.33. The molecule has 1 atom stereocenters. The van der Waals surface area contributed by atoms with E-state index < -0.39 is 0 Å². The van der Waals surface area contributed by atoms with Crippen LogP contribution in [0.4, 0.5) is 5.69 Å². The van der Waals surface area contributed by atoms with Crippen LogP contribution in [-0.2, 0) is 11.3 Å². The van der Waals surface area contributed by atoms with Crippen molar-refractivity contribution in [3.05, 3.63) is 23.2 Å². The van der Waals surface area contributed by atoms with Gasteiger partial charge in [-0.15, -0.1) is 5.10 Å². The molecule has 0 bridgehead atoms. The predicted molar refractivity (Wildman–Crippen MR) is 76.2 cm³/mol. The van der Waals surface area contributed by atoms with E-state index in [1.165, 1.54) is 0 Å². The van der Waals surface area contributed by atoms with Crippen LogP contribution >= 0.6 is 11.6 Å². The van der Waals surface area contributed by atoms with Gasteiger partial charge in [0, 0.05) is 31.0 Å². The number of rotatable bonds is 4. The van der Waals surface area contributed by atoms with Crippen LogP contribution in [0.15, 0.2) is 18.2 Å². The normalized spacial score (nSPS) is 18.6. The maximum atomic E-state index is 6.20. The van der Waals surface area contributed by atoms with Gasteiger partial charge in [0.2, 0.25) is 0 Å². The van der Waals surface area contributed by atoms with Gasteiger partial charge in [0.05, 0.1) is 5.02 Å². The molecule has 0 aliphatic carbocycles. The Kier molecular flexibility index (Phi) is 3.84. The first kappa shape index (κ1) is 13.3. The monoisotopic (exact) mass is 293 g/mol. The lowest BCUT2D eigenvalue weighted by Crippen LogP contribution is -2.09. The summed E-state index contributed by atoms with van der Waals surface area (Å²) in [5, 5.41) is 12.4. The number of halogens is 1. The van der Waals surface area contributed by atoms with Crippen LogP contribution in [0.2, 0.25) is 5.02 Å². The fourth-order valence-corrected chi connectivity index (χ4v) is 2.58. The SMILES string of the molecule is Nc1ccc(Cl)c(-c2nnnn2CCC2CCOC2)c1. The summed E-state index contributed by atoms with van der Waals surface area (Å²) >= 11 is 6.20. The number of nitrogens with two attached hydrogens (primary N) is 1. The number of hydrogen-bond acceptors (Lipinski definition) is 5. The van der Waals surface area contributed by atoms with Crippen molar-refractivity contribution in [3.8, 4) is 11.4 Å². The number of anilines is 1. The van der Waals surface area contributed by atoms with Crippen LogP contribution < -0.4 is 5.73 Å². The summed E-state index contributed by atoms with van der Waals surface area (Å²) in [7, 11) is 0. The summed E-state index contributed by atoms with van der Waals surface area (Å²) in [5.74, 6) is 1.24. The van der Waals surface area contributed by atoms with Gasteiger partial charge in [-0.05, 0) is 47.4 Å². The van der Waals surface area contributed by atoms with Gasteiger partial charge in [0.1, 0.15) is 0 Å². The Morgan fingerprint density at radius 2 is 2.35 bits per heavy atom. The highest BCUT2D eigenvalue weighted by Crippen LogP contribution is 2.28. The molecule has 2 aromatic rings. The molecule has 2 N–H and O–H groups in total. The number of ether oxygens (including phenoxy) is 1. The average molecular weight is 294 g/mol. The molecule has 0 spiro atoms. The molecule has 0 saturated carbocycles. The average Bonchev–Trinajstić information content (AvgIpc) is 3.09. The van der Waals surface area contributed by atoms with E-state index in [0.717, 1.165) is 38.2 Å². The molecule has 1 aliphatic rings. The van der Waals surface area contributed by atoms with Crippen LogP contribution in [-0.4, -0.2) is 33.4 Å². The van der Waals surface area contributed by atoms with E-state index in [1.807, 2.05) is 0 Å². The fourth-order valence-electron chi connectivity index (χ4n) is 2.38. The van der Waals surface area contributed by atoms with Crippen molar-refractivity contribution in [2.24, 2.45) is 5.92 Å². The first-order valence-corrected chi connectivity index (χ1v) is 7.01. The maximum Gasteiger partial charge on any atom is 0.183 e. The molecule has 1 aromatic heterocycles. The second-order valence-electron chi connectivity index (χ2n) is 4.98. The summed E-state index contributed by atoms with van der Waals surface area (Å²) in [6.07, 6.45) is 2.11. The summed E-state index contributed by atoms with van der Waals surface area (Å²) < 4.78 is 7.15. The molecule has 20 heavy (non-hydrogen) atoms. The second-order valence-corrected chi connectivity index (χ2v) is 5.39. The summed E-state index contributed by atoms with van der Waals surface area (Å²) in [5.41, 5.74) is 7.21. The third kappa shape index (κ3) is 2.76. The molecule has 1 fully saturated rings. The van der Waals surface area contributed by atoms with Crippen molar-refractivity contribution in [2.45, 2.75) is 19.4 Å². The summed E-state index contributed by atoms with van der Waals surface area (Å²) in [6.45, 7) is 2.44. The summed E-state index contributed by atoms with van der Waals surface area (Å²) in [6, 6.07) is 5.31. The zero-order valence-corrected chi connectivity index (χ0v) is 11.8. The van der Waals surface area contributed by atoms with Gasteiger partial charge >= 0.3 is 0 Å². The standard InChI is InChI=1S/C13H16ClN5O/c14-12-2-1-10(15)7-11(12)13-16-17-18-19(13)5-3-9-4-6-20-8-9/h1-2,7,9H,3-6,8,15H2. The van der Waals surface area contributed by atoms with E-state index in [2.05, 4.69) is 15.5 Å². The van der Waals surface area contributed by atoms with Gasteiger partial charge in [-0.25, -0.2) is 4.68 Å². The zero-order valence-electron chi connectivity index (χ0n) is 11.0. The molecule has 0 amide bonds. The van der Waals surface area contributed by atoms with Crippen LogP contribution in [0.1, 0.15) is 12.8 Å². The lowest BCUT2D eigenvalue weighted by atomic mass is 10.1. The number of hydrogen-bond donors (Lipinski definition) is 1. The van der Waals surface area contributed by atoms with Gasteiger partial charge in [-0.3, -0.25) is 0 Å². The first-order chi connectivity index (χ1) is 9.74. The first-order valence-electron chi connectivity index (χ1n) is 6.63. The van der Waals surface area contributed by atoms with Crippen molar-refractivity contribution >= 4 is 17.3 Å². The molecule has 1 aromatic carbocycles. The molecule has 3 rings (SSSR count). The number of nitrogen functional groups attached to an aromatic ring is 1. The molecule has 1 unspecified atom stereocenters. The Labute approximate surface area is 121 Å². The third-order valence-corrected chi connectivity index (χ3v) is 3.87. The van der Waals surface area contributed by atoms with E-state index in [4.69, 9.17) is 22.1 Å². The van der Waals surface area contributed by atoms with Gasteiger partial charge in [-0.2, -0.15) is 0 Å². The quantitative estimate of drug-likeness (QED) is 0.872. The van der Waals surface area contributed by atoms with E-state index in [1.54, 1.807) is 22.9 Å². The largest absolute Gasteiger partial charge is 0.399 e. The molecule has 1 aliphatic heterocycles. The van der Waals surface area contributed by atoms with E-state index in [9.17, 15) is 0 Å². The Morgan fingerprint density at radius 1 is 1.45 bits per heavy atom. The van der Waals surface area contributed by atoms with Crippen molar-refractivity contribution in [1.82, 2.24) is 20.2 Å². The van der Waals surface area contributed by atoms with E-state index >= 15 is 0 Å². The second kappa shape index (κ2) is 5.76. The van der Waals surface area contributed by atoms with Crippen LogP contribution in [0, 0.1) is 5.92 Å². The minimum absolute atomic E-state index is 0.586. The van der Waals surface area contributed by atoms with E-state index in [0.29, 0.717) is 22.5 Å². The van der Waals surface area contributed by atoms with Gasteiger partial charge < -0.3 is 10.5 Å². The van der Waals surface area contributed by atoms with Crippen molar-refractivity contribution in [2.75, 3.05) is 18.9 Å².